The number of imidazole rings is 1. The number of fused-ring (bicyclic) bond motifs is 1. The molecule has 0 radical (unpaired) electrons. The predicted octanol–water partition coefficient (Wildman–Crippen LogP) is 2.69. The van der Waals surface area contributed by atoms with Gasteiger partial charge < -0.3 is 14.4 Å². The van der Waals surface area contributed by atoms with Crippen LogP contribution >= 0.6 is 0 Å². The summed E-state index contributed by atoms with van der Waals surface area (Å²) in [4.78, 5) is 14.7. The Balaban J connectivity index is 1.54. The molecule has 6 heterocycles. The van der Waals surface area contributed by atoms with Crippen LogP contribution in [-0.4, -0.2) is 63.6 Å². The third-order valence-corrected chi connectivity index (χ3v) is 6.95. The van der Waals surface area contributed by atoms with Gasteiger partial charge in [0.2, 0.25) is 0 Å². The molecule has 3 atom stereocenters. The van der Waals surface area contributed by atoms with Crippen LogP contribution in [0.5, 0.6) is 0 Å². The predicted molar refractivity (Wildman–Crippen MR) is 109 cm³/mol. The van der Waals surface area contributed by atoms with E-state index in [2.05, 4.69) is 61.9 Å². The molecule has 3 unspecified atom stereocenters. The van der Waals surface area contributed by atoms with Gasteiger partial charge >= 0.3 is 0 Å². The summed E-state index contributed by atoms with van der Waals surface area (Å²) in [7, 11) is 0. The van der Waals surface area contributed by atoms with Gasteiger partial charge in [0.15, 0.2) is 5.82 Å². The van der Waals surface area contributed by atoms with E-state index in [0.29, 0.717) is 12.0 Å². The van der Waals surface area contributed by atoms with E-state index in [-0.39, 0.29) is 5.41 Å². The molecule has 4 saturated heterocycles. The Morgan fingerprint density at radius 2 is 1.57 bits per heavy atom. The smallest absolute Gasteiger partial charge is 0.158 e. The Labute approximate surface area is 165 Å². The topological polar surface area (TPSA) is 37.2 Å². The zero-order chi connectivity index (χ0) is 18.6. The molecule has 7 rings (SSSR count). The van der Waals surface area contributed by atoms with Gasteiger partial charge in [-0.15, -0.1) is 0 Å². The van der Waals surface area contributed by atoms with E-state index in [1.807, 2.05) is 24.5 Å². The van der Waals surface area contributed by atoms with Crippen LogP contribution in [0, 0.1) is 5.92 Å². The number of piperidine rings is 2. The number of hydrogen-bond donors (Lipinski definition) is 0. The molecular formula is C23H25N5. The summed E-state index contributed by atoms with van der Waals surface area (Å²) in [5.74, 6) is 1.60. The van der Waals surface area contributed by atoms with Crippen LogP contribution < -0.4 is 0 Å². The van der Waals surface area contributed by atoms with Crippen LogP contribution in [0.15, 0.2) is 67.1 Å². The molecule has 4 aliphatic heterocycles. The lowest BCUT2D eigenvalue weighted by Crippen LogP contribution is -2.63. The van der Waals surface area contributed by atoms with E-state index in [0.717, 1.165) is 24.6 Å². The van der Waals surface area contributed by atoms with Gasteiger partial charge in [-0.25, -0.2) is 4.98 Å². The monoisotopic (exact) mass is 371 g/mol. The summed E-state index contributed by atoms with van der Waals surface area (Å²) < 4.78 is 2.44. The van der Waals surface area contributed by atoms with Gasteiger partial charge in [-0.3, -0.25) is 4.98 Å². The highest BCUT2D eigenvalue weighted by molar-refractivity contribution is 5.50. The quantitative estimate of drug-likeness (QED) is 0.709. The van der Waals surface area contributed by atoms with E-state index in [1.54, 1.807) is 0 Å². The number of rotatable bonds is 3. The molecular weight excluding hydrogens is 346 g/mol. The van der Waals surface area contributed by atoms with E-state index in [9.17, 15) is 0 Å². The molecule has 0 N–H and O–H groups in total. The van der Waals surface area contributed by atoms with Crippen LogP contribution in [0.4, 0.5) is 0 Å². The van der Waals surface area contributed by atoms with Gasteiger partial charge in [0, 0.05) is 69.2 Å². The number of nitrogens with zero attached hydrogens (tertiary/aromatic N) is 5. The van der Waals surface area contributed by atoms with Crippen LogP contribution in [0.3, 0.4) is 0 Å². The van der Waals surface area contributed by atoms with Gasteiger partial charge in [-0.05, 0) is 17.7 Å². The average Bonchev–Trinajstić information content (AvgIpc) is 3.09. The Morgan fingerprint density at radius 1 is 0.821 bits per heavy atom. The fourth-order valence-electron chi connectivity index (χ4n) is 6.01. The van der Waals surface area contributed by atoms with E-state index in [1.165, 1.54) is 31.7 Å². The molecule has 4 aliphatic rings. The van der Waals surface area contributed by atoms with Gasteiger partial charge in [-0.1, -0.05) is 36.4 Å². The Bertz CT molecular complexity index is 951. The van der Waals surface area contributed by atoms with Gasteiger partial charge in [-0.2, -0.15) is 0 Å². The highest BCUT2D eigenvalue weighted by atomic mass is 15.3. The first kappa shape index (κ1) is 16.5. The van der Waals surface area contributed by atoms with Gasteiger partial charge in [0.25, 0.3) is 0 Å². The van der Waals surface area contributed by atoms with Crippen LogP contribution in [-0.2, 0) is 5.41 Å². The Morgan fingerprint density at radius 3 is 2.29 bits per heavy atom. The first-order chi connectivity index (χ1) is 13.8. The molecule has 5 nitrogen and oxygen atoms in total. The van der Waals surface area contributed by atoms with Gasteiger partial charge in [0.05, 0.1) is 6.04 Å². The van der Waals surface area contributed by atoms with Crippen LogP contribution in [0.25, 0.3) is 11.5 Å². The maximum Gasteiger partial charge on any atom is 0.158 e. The molecule has 0 aliphatic carbocycles. The molecule has 1 aromatic carbocycles. The minimum atomic E-state index is 0.0865. The number of hydrogen-bond acceptors (Lipinski definition) is 4. The molecule has 0 spiro atoms. The maximum atomic E-state index is 4.74. The highest BCUT2D eigenvalue weighted by Crippen LogP contribution is 2.50. The largest absolute Gasteiger partial charge is 0.325 e. The molecule has 4 bridgehead atoms. The summed E-state index contributed by atoms with van der Waals surface area (Å²) in [6.07, 6.45) is 5.99. The van der Waals surface area contributed by atoms with Crippen LogP contribution in [0.1, 0.15) is 11.6 Å². The van der Waals surface area contributed by atoms with Crippen molar-refractivity contribution in [3.8, 4) is 11.5 Å². The number of pyridine rings is 1. The summed E-state index contributed by atoms with van der Waals surface area (Å²) in [6, 6.07) is 17.7. The fourth-order valence-corrected chi connectivity index (χ4v) is 6.01. The third kappa shape index (κ3) is 2.39. The third-order valence-electron chi connectivity index (χ3n) is 6.95. The first-order valence-electron chi connectivity index (χ1n) is 10.3. The zero-order valence-corrected chi connectivity index (χ0v) is 16.0. The van der Waals surface area contributed by atoms with E-state index in [4.69, 9.17) is 4.98 Å². The number of aromatic nitrogens is 3. The van der Waals surface area contributed by atoms with Crippen molar-refractivity contribution in [2.75, 3.05) is 39.3 Å². The minimum absolute atomic E-state index is 0.0865. The van der Waals surface area contributed by atoms with Crippen molar-refractivity contribution in [1.29, 1.82) is 0 Å². The van der Waals surface area contributed by atoms with E-state index < -0.39 is 0 Å². The minimum Gasteiger partial charge on any atom is -0.325 e. The summed E-state index contributed by atoms with van der Waals surface area (Å²) in [5, 5.41) is 0. The molecule has 28 heavy (non-hydrogen) atoms. The van der Waals surface area contributed by atoms with Crippen molar-refractivity contribution >= 4 is 0 Å². The Hall–Kier alpha value is -2.50. The normalized spacial score (nSPS) is 33.7. The van der Waals surface area contributed by atoms with Crippen molar-refractivity contribution in [1.82, 2.24) is 24.3 Å². The lowest BCUT2D eigenvalue weighted by atomic mass is 9.64. The summed E-state index contributed by atoms with van der Waals surface area (Å²) in [5.41, 5.74) is 2.51. The number of benzene rings is 1. The lowest BCUT2D eigenvalue weighted by molar-refractivity contribution is 0.00128. The van der Waals surface area contributed by atoms with E-state index >= 15 is 0 Å². The average molecular weight is 371 g/mol. The van der Waals surface area contributed by atoms with Gasteiger partial charge in [0.1, 0.15) is 5.69 Å². The second-order valence-electron chi connectivity index (χ2n) is 8.57. The second kappa shape index (κ2) is 6.26. The lowest BCUT2D eigenvalue weighted by Gasteiger charge is -2.56. The zero-order valence-electron chi connectivity index (χ0n) is 16.0. The molecule has 4 fully saturated rings. The second-order valence-corrected chi connectivity index (χ2v) is 8.57. The molecule has 2 aromatic heterocycles. The maximum absolute atomic E-state index is 4.74. The van der Waals surface area contributed by atoms with Crippen molar-refractivity contribution in [3.05, 3.63) is 72.7 Å². The highest BCUT2D eigenvalue weighted by Gasteiger charge is 2.56. The van der Waals surface area contributed by atoms with Crippen molar-refractivity contribution in [2.24, 2.45) is 5.92 Å². The first-order valence-corrected chi connectivity index (χ1v) is 10.3. The fraction of sp³-hybridized carbons (Fsp3) is 0.391. The summed E-state index contributed by atoms with van der Waals surface area (Å²) in [6.45, 7) is 6.97. The Kier molecular flexibility index (Phi) is 3.68. The van der Waals surface area contributed by atoms with Crippen LogP contribution in [0.2, 0.25) is 0 Å². The SMILES string of the molecule is c1ccc(C23CN4CCN(CC(C4)C2n2ccnc2-c2ccccn2)C3)cc1. The molecule has 3 aromatic rings. The molecule has 142 valence electrons. The molecule has 0 saturated carbocycles. The summed E-state index contributed by atoms with van der Waals surface area (Å²) >= 11 is 0. The van der Waals surface area contributed by atoms with Crippen molar-refractivity contribution < 1.29 is 0 Å². The van der Waals surface area contributed by atoms with Crippen molar-refractivity contribution in [3.63, 3.8) is 0 Å². The molecule has 5 heteroatoms. The van der Waals surface area contributed by atoms with Crippen molar-refractivity contribution in [2.45, 2.75) is 11.5 Å². The molecule has 0 amide bonds. The standard InChI is InChI=1S/C23H25N5/c1-2-6-19(7-3-1)23-16-26-12-13-27(17-23)15-18(14-26)21(23)28-11-10-25-22(28)20-8-4-5-9-24-20/h1-11,18,21H,12-17H2.